The van der Waals surface area contributed by atoms with Crippen molar-refractivity contribution in [3.05, 3.63) is 60.7 Å². The molecule has 0 amide bonds. The predicted octanol–water partition coefficient (Wildman–Crippen LogP) is 6.66. The molecule has 8 unspecified atom stereocenters. The average molecular weight is 442 g/mol. The Morgan fingerprint density at radius 2 is 1.11 bits per heavy atom. The van der Waals surface area contributed by atoms with E-state index in [1.807, 2.05) is 0 Å². The van der Waals surface area contributed by atoms with E-state index in [0.717, 1.165) is 7.99 Å². The van der Waals surface area contributed by atoms with Crippen LogP contribution in [-0.2, 0) is 6.51 Å². The molecule has 10 aliphatic rings. The number of benzene rings is 2. The van der Waals surface area contributed by atoms with Crippen LogP contribution in [0.2, 0.25) is 62.1 Å². The monoisotopic (exact) mass is 442 g/mol. The zero-order valence-electron chi connectivity index (χ0n) is 16.7. The van der Waals surface area contributed by atoms with E-state index in [1.165, 1.54) is 38.5 Å². The Morgan fingerprint density at radius 3 is 1.43 bits per heavy atom. The van der Waals surface area contributed by atoms with Crippen molar-refractivity contribution in [1.29, 1.82) is 0 Å². The molecule has 8 atom stereocenters. The number of hydrogen-bond acceptors (Lipinski definition) is 0. The molecule has 10 heterocycles. The van der Waals surface area contributed by atoms with Gasteiger partial charge in [0.1, 0.15) is 0 Å². The first-order chi connectivity index (χ1) is 13.3. The molecule has 144 valence electrons. The molecule has 10 fully saturated rings. The van der Waals surface area contributed by atoms with Crippen molar-refractivity contribution in [3.63, 3.8) is 0 Å². The van der Waals surface area contributed by atoms with Gasteiger partial charge in [0.25, 0.3) is 0 Å². The zero-order valence-corrected chi connectivity index (χ0v) is 19.7. The van der Waals surface area contributed by atoms with Gasteiger partial charge in [0.2, 0.25) is 0 Å². The fourth-order valence-corrected chi connectivity index (χ4v) is 138. The summed E-state index contributed by atoms with van der Waals surface area (Å²) in [6.07, 6.45) is 0. The van der Waals surface area contributed by atoms with Crippen LogP contribution in [0.25, 0.3) is 0 Å². The Bertz CT molecular complexity index is 1560. The van der Waals surface area contributed by atoms with Gasteiger partial charge >= 0.3 is 160 Å². The maximum atomic E-state index is 2.83. The van der Waals surface area contributed by atoms with Crippen LogP contribution in [0.3, 0.4) is 0 Å². The Hall–Kier alpha value is -0.394. The Labute approximate surface area is 159 Å². The van der Waals surface area contributed by atoms with Crippen LogP contribution in [0.5, 0.6) is 0 Å². The van der Waals surface area contributed by atoms with Crippen LogP contribution in [-0.4, -0.2) is 12.1 Å². The fourth-order valence-electron chi connectivity index (χ4n) is 20.9. The van der Waals surface area contributed by atoms with E-state index in [4.69, 9.17) is 0 Å². The molecule has 2 aromatic rings. The first kappa shape index (κ1) is 13.1. The van der Waals surface area contributed by atoms with Crippen molar-refractivity contribution in [1.82, 2.24) is 0 Å². The second-order valence-electron chi connectivity index (χ2n) is 15.0. The third-order valence-electron chi connectivity index (χ3n) is 18.2. The first-order valence-corrected chi connectivity index (χ1v) is 22.4. The summed E-state index contributed by atoms with van der Waals surface area (Å²) in [4.78, 5) is 11.2. The molecule has 0 aliphatic carbocycles. The molecule has 3 heteroatoms. The number of fused-ring (bicyclic) bond motifs is 10. The van der Waals surface area contributed by atoms with Gasteiger partial charge in [-0.25, -0.2) is 0 Å². The Balaban J connectivity index is 1.28. The van der Waals surface area contributed by atoms with Crippen molar-refractivity contribution in [3.8, 4) is 0 Å². The molecule has 2 aromatic carbocycles. The molecule has 0 saturated carbocycles. The van der Waals surface area contributed by atoms with E-state index in [0.29, 0.717) is 0 Å². The average Bonchev–Trinajstić information content (AvgIpc) is 3.63. The van der Waals surface area contributed by atoms with Crippen molar-refractivity contribution in [2.45, 2.75) is 66.2 Å². The maximum absolute atomic E-state index is 3.39. The Morgan fingerprint density at radius 1 is 0.679 bits per heavy atom. The molecule has 0 bridgehead atoms. The van der Waals surface area contributed by atoms with E-state index in [1.54, 1.807) is 10.6 Å². The van der Waals surface area contributed by atoms with Crippen molar-refractivity contribution < 1.29 is 6.51 Å². The summed E-state index contributed by atoms with van der Waals surface area (Å²) in [5.41, 5.74) is 0. The zero-order chi connectivity index (χ0) is 18.2. The number of rotatable bonds is 4. The SMILES string of the molecule is C[Si](C)(C)[C]12[CH]3[CH]4[CH]5[CH]1[Fe]45321678[CH]2[CH]1[CH]6[C]7(P(c1ccccc1)c1ccccc1)[CH]28. The van der Waals surface area contributed by atoms with Crippen molar-refractivity contribution in [2.75, 3.05) is 0 Å². The van der Waals surface area contributed by atoms with E-state index in [-0.39, 0.29) is 7.92 Å². The van der Waals surface area contributed by atoms with Gasteiger partial charge in [-0.2, -0.15) is 0 Å². The molecule has 0 aromatic heterocycles. The van der Waals surface area contributed by atoms with E-state index < -0.39 is 14.6 Å². The van der Waals surface area contributed by atoms with Gasteiger partial charge in [0.05, 0.1) is 0 Å². The summed E-state index contributed by atoms with van der Waals surface area (Å²) in [5, 5.41) is 3.50. The fraction of sp³-hybridized carbons (Fsp3) is 0.520. The molecule has 0 nitrogen and oxygen atoms in total. The minimum absolute atomic E-state index is 0.125. The summed E-state index contributed by atoms with van der Waals surface area (Å²) in [6.45, 7) is 5.09. The Kier molecular flexibility index (Phi) is 0.732. The standard InChI is InChI=1S/C17H14P.C8H13Si.Fe/c1-3-9-15(10-4-1)18(17-13-7-8-14-17)16-11-5-2-6-12-16;1-9(2,3)8-6-4-5-7-8;/h1-14H;4-7H,1-3H3;. The van der Waals surface area contributed by atoms with Gasteiger partial charge in [0, 0.05) is 0 Å². The van der Waals surface area contributed by atoms with Crippen LogP contribution in [0.1, 0.15) is 0 Å². The van der Waals surface area contributed by atoms with Crippen molar-refractivity contribution >= 4 is 26.6 Å². The van der Waals surface area contributed by atoms with Crippen LogP contribution in [0, 0.1) is 0 Å². The molecular formula is C25H27FePSi. The topological polar surface area (TPSA) is 0 Å². The minimum atomic E-state index is -3.39. The van der Waals surface area contributed by atoms with Gasteiger partial charge in [-0.05, 0) is 0 Å². The van der Waals surface area contributed by atoms with Crippen LogP contribution in [0.15, 0.2) is 60.7 Å². The normalized spacial score (nSPS) is 80.3. The molecule has 28 heavy (non-hydrogen) atoms. The van der Waals surface area contributed by atoms with Crippen LogP contribution in [0.4, 0.5) is 0 Å². The second kappa shape index (κ2) is 1.56. The third kappa shape index (κ3) is 0.221. The summed E-state index contributed by atoms with van der Waals surface area (Å²) < 4.78 is 2.03. The van der Waals surface area contributed by atoms with Gasteiger partial charge in [-0.15, -0.1) is 0 Å². The first-order valence-electron chi connectivity index (χ1n) is 11.4. The van der Waals surface area contributed by atoms with Crippen LogP contribution < -0.4 is 10.6 Å². The van der Waals surface area contributed by atoms with Gasteiger partial charge in [-0.1, -0.05) is 0 Å². The van der Waals surface area contributed by atoms with Gasteiger partial charge in [0.15, 0.2) is 0 Å². The second-order valence-corrected chi connectivity index (χ2v) is 46.8. The molecular weight excluding hydrogens is 415 g/mol. The molecule has 10 aliphatic heterocycles. The molecule has 0 radical (unpaired) electrons. The summed E-state index contributed by atoms with van der Waals surface area (Å²) in [6, 6.07) is 24.0. The van der Waals surface area contributed by atoms with Gasteiger partial charge < -0.3 is 0 Å². The third-order valence-corrected chi connectivity index (χ3v) is 77.3. The van der Waals surface area contributed by atoms with E-state index >= 15 is 0 Å². The summed E-state index contributed by atoms with van der Waals surface area (Å²) in [5.74, 6) is 0. The molecule has 10 saturated heterocycles. The molecule has 1 spiro atoms. The van der Waals surface area contributed by atoms with Crippen molar-refractivity contribution in [2.24, 2.45) is 0 Å². The number of hydrogen-bond donors (Lipinski definition) is 0. The van der Waals surface area contributed by atoms with E-state index in [2.05, 4.69) is 80.3 Å². The molecule has 12 rings (SSSR count). The van der Waals surface area contributed by atoms with Gasteiger partial charge in [-0.3, -0.25) is 0 Å². The van der Waals surface area contributed by atoms with Crippen LogP contribution >= 0.6 is 7.92 Å². The van der Waals surface area contributed by atoms with E-state index in [9.17, 15) is 0 Å². The summed E-state index contributed by atoms with van der Waals surface area (Å²) >= 11 is 0. The quantitative estimate of drug-likeness (QED) is 0.367. The summed E-state index contributed by atoms with van der Waals surface area (Å²) in [7, 11) is -1.21. The molecule has 0 N–H and O–H groups in total. The predicted molar refractivity (Wildman–Crippen MR) is 118 cm³/mol.